The molecule has 2 bridgehead atoms. The number of likely N-dealkylation sites (N-methyl/N-ethyl adjacent to an activating group) is 1. The van der Waals surface area contributed by atoms with Crippen LogP contribution in [-0.4, -0.2) is 93.6 Å². The van der Waals surface area contributed by atoms with E-state index in [2.05, 4.69) is 20.1 Å². The zero-order chi connectivity index (χ0) is 27.1. The zero-order valence-electron chi connectivity index (χ0n) is 23.0. The molecule has 0 aromatic heterocycles. The summed E-state index contributed by atoms with van der Waals surface area (Å²) in [6.07, 6.45) is 9.59. The minimum Gasteiger partial charge on any atom is -0.394 e. The van der Waals surface area contributed by atoms with Gasteiger partial charge in [0.05, 0.1) is 30.1 Å². The topological polar surface area (TPSA) is 90.4 Å². The first-order valence-electron chi connectivity index (χ1n) is 14.0. The first kappa shape index (κ1) is 27.8. The van der Waals surface area contributed by atoms with Gasteiger partial charge in [-0.3, -0.25) is 14.4 Å². The smallest absolute Gasteiger partial charge is 0.248 e. The minimum absolute atomic E-state index is 0.0189. The lowest BCUT2D eigenvalue weighted by Gasteiger charge is -2.42. The minimum atomic E-state index is -1.10. The molecule has 1 spiro atoms. The summed E-state index contributed by atoms with van der Waals surface area (Å²) in [6.45, 7) is 14.1. The van der Waals surface area contributed by atoms with E-state index in [4.69, 9.17) is 4.74 Å². The molecule has 4 aliphatic rings. The number of carbonyl (C=O) groups is 3. The van der Waals surface area contributed by atoms with Crippen molar-refractivity contribution in [1.82, 2.24) is 14.7 Å². The standard InChI is InChI=1S/C29H45N3O5/c1-7-15-30(6)25(34)22-23-26(35)32(20(9-3)18-33)24(29(23)17-19(4)28(22,5)37-29)27(36)31(16-8-2)21-13-11-10-12-14-21/h7-8,19-24,33H,1-2,9-18H2,3-6H3/t19?,20-,22+,23-,24?,28-,29?/m0/s1. The van der Waals surface area contributed by atoms with E-state index in [1.807, 2.05) is 18.7 Å². The van der Waals surface area contributed by atoms with Crippen LogP contribution in [0.1, 0.15) is 65.7 Å². The van der Waals surface area contributed by atoms with Crippen LogP contribution in [0, 0.1) is 17.8 Å². The van der Waals surface area contributed by atoms with Gasteiger partial charge in [0.25, 0.3) is 0 Å². The molecule has 8 heteroatoms. The molecule has 3 aliphatic heterocycles. The van der Waals surface area contributed by atoms with Gasteiger partial charge in [-0.15, -0.1) is 13.2 Å². The molecule has 8 nitrogen and oxygen atoms in total. The Labute approximate surface area is 221 Å². The third-order valence-electron chi connectivity index (χ3n) is 9.73. The fourth-order valence-corrected chi connectivity index (χ4v) is 7.77. The Morgan fingerprint density at radius 1 is 1.19 bits per heavy atom. The number of hydrogen-bond acceptors (Lipinski definition) is 5. The Kier molecular flexibility index (Phi) is 7.92. The van der Waals surface area contributed by atoms with E-state index >= 15 is 0 Å². The van der Waals surface area contributed by atoms with Crippen LogP contribution < -0.4 is 0 Å². The number of aliphatic hydroxyl groups excluding tert-OH is 1. The van der Waals surface area contributed by atoms with Crippen LogP contribution in [0.3, 0.4) is 0 Å². The molecular formula is C29H45N3O5. The average molecular weight is 516 g/mol. The first-order valence-corrected chi connectivity index (χ1v) is 14.0. The number of hydrogen-bond donors (Lipinski definition) is 1. The van der Waals surface area contributed by atoms with Crippen molar-refractivity contribution in [2.45, 2.75) is 95.0 Å². The normalized spacial score (nSPS) is 35.8. The SMILES string of the molecule is C=CCN(C)C(=O)[C@H]1[C@H]2C(=O)N([C@@H](CC)CO)C(C(=O)N(CC=C)C3CCCCC3)C23CC(C)[C@]1(C)O3. The third-order valence-corrected chi connectivity index (χ3v) is 9.73. The Hall–Kier alpha value is -2.19. The number of amides is 3. The Balaban J connectivity index is 1.83. The van der Waals surface area contributed by atoms with Gasteiger partial charge in [0.2, 0.25) is 17.7 Å². The zero-order valence-corrected chi connectivity index (χ0v) is 23.0. The van der Waals surface area contributed by atoms with Crippen molar-refractivity contribution in [3.8, 4) is 0 Å². The van der Waals surface area contributed by atoms with Gasteiger partial charge >= 0.3 is 0 Å². The Morgan fingerprint density at radius 3 is 2.41 bits per heavy atom. The molecule has 3 amide bonds. The predicted molar refractivity (Wildman–Crippen MR) is 141 cm³/mol. The Morgan fingerprint density at radius 2 is 1.84 bits per heavy atom. The Bertz CT molecular complexity index is 929. The number of carbonyl (C=O) groups excluding carboxylic acids is 3. The maximum atomic E-state index is 14.6. The molecular weight excluding hydrogens is 470 g/mol. The lowest BCUT2D eigenvalue weighted by Crippen LogP contribution is -2.60. The summed E-state index contributed by atoms with van der Waals surface area (Å²) in [7, 11) is 1.72. The number of ether oxygens (including phenoxy) is 1. The van der Waals surface area contributed by atoms with Crippen molar-refractivity contribution < 1.29 is 24.2 Å². The van der Waals surface area contributed by atoms with Crippen LogP contribution in [0.25, 0.3) is 0 Å². The number of nitrogens with zero attached hydrogens (tertiary/aromatic N) is 3. The highest BCUT2D eigenvalue weighted by Gasteiger charge is 2.80. The molecule has 7 atom stereocenters. The van der Waals surface area contributed by atoms with E-state index in [0.29, 0.717) is 25.9 Å². The molecule has 0 radical (unpaired) electrons. The van der Waals surface area contributed by atoms with Crippen molar-refractivity contribution in [2.75, 3.05) is 26.7 Å². The van der Waals surface area contributed by atoms with Gasteiger partial charge in [-0.1, -0.05) is 45.3 Å². The number of rotatable bonds is 10. The van der Waals surface area contributed by atoms with Gasteiger partial charge in [0, 0.05) is 26.2 Å². The van der Waals surface area contributed by atoms with Gasteiger partial charge < -0.3 is 24.5 Å². The molecule has 206 valence electrons. The molecule has 37 heavy (non-hydrogen) atoms. The van der Waals surface area contributed by atoms with Crippen molar-refractivity contribution in [1.29, 1.82) is 0 Å². The molecule has 4 fully saturated rings. The first-order chi connectivity index (χ1) is 17.6. The largest absolute Gasteiger partial charge is 0.394 e. The monoisotopic (exact) mass is 515 g/mol. The van der Waals surface area contributed by atoms with Crippen molar-refractivity contribution in [3.05, 3.63) is 25.3 Å². The van der Waals surface area contributed by atoms with Gasteiger partial charge in [0.15, 0.2) is 0 Å². The summed E-state index contributed by atoms with van der Waals surface area (Å²) in [5.41, 5.74) is -1.96. The summed E-state index contributed by atoms with van der Waals surface area (Å²) in [5, 5.41) is 10.3. The summed E-state index contributed by atoms with van der Waals surface area (Å²) >= 11 is 0. The second-order valence-electron chi connectivity index (χ2n) is 11.8. The van der Waals surface area contributed by atoms with E-state index < -0.39 is 35.1 Å². The summed E-state index contributed by atoms with van der Waals surface area (Å²) in [5.74, 6) is -2.03. The quantitative estimate of drug-likeness (QED) is 0.452. The molecule has 1 saturated carbocycles. The second kappa shape index (κ2) is 10.5. The average Bonchev–Trinajstić information content (AvgIpc) is 3.40. The third kappa shape index (κ3) is 4.15. The van der Waals surface area contributed by atoms with Crippen LogP contribution in [0.4, 0.5) is 0 Å². The molecule has 0 aromatic carbocycles. The van der Waals surface area contributed by atoms with Crippen LogP contribution in [0.15, 0.2) is 25.3 Å². The van der Waals surface area contributed by atoms with Gasteiger partial charge in [0.1, 0.15) is 11.6 Å². The molecule has 3 saturated heterocycles. The van der Waals surface area contributed by atoms with Crippen molar-refractivity contribution in [3.63, 3.8) is 0 Å². The molecule has 1 N–H and O–H groups in total. The number of fused-ring (bicyclic) bond motifs is 1. The summed E-state index contributed by atoms with van der Waals surface area (Å²) in [4.78, 5) is 47.8. The van der Waals surface area contributed by atoms with Crippen LogP contribution in [-0.2, 0) is 19.1 Å². The highest BCUT2D eigenvalue weighted by molar-refractivity contribution is 5.99. The van der Waals surface area contributed by atoms with Crippen LogP contribution >= 0.6 is 0 Å². The van der Waals surface area contributed by atoms with E-state index in [-0.39, 0.29) is 36.3 Å². The second-order valence-corrected chi connectivity index (χ2v) is 11.8. The number of aliphatic hydroxyl groups is 1. The summed E-state index contributed by atoms with van der Waals surface area (Å²) < 4.78 is 6.84. The molecule has 3 heterocycles. The van der Waals surface area contributed by atoms with Gasteiger partial charge in [-0.2, -0.15) is 0 Å². The molecule has 3 unspecified atom stereocenters. The predicted octanol–water partition coefficient (Wildman–Crippen LogP) is 2.76. The number of likely N-dealkylation sites (tertiary alicyclic amines) is 1. The van der Waals surface area contributed by atoms with Gasteiger partial charge in [-0.05, 0) is 38.5 Å². The van der Waals surface area contributed by atoms with Crippen LogP contribution in [0.5, 0.6) is 0 Å². The lowest BCUT2D eigenvalue weighted by atomic mass is 9.62. The van der Waals surface area contributed by atoms with Crippen LogP contribution in [0.2, 0.25) is 0 Å². The van der Waals surface area contributed by atoms with E-state index in [9.17, 15) is 19.5 Å². The highest BCUT2D eigenvalue weighted by atomic mass is 16.5. The molecule has 0 aromatic rings. The van der Waals surface area contributed by atoms with E-state index in [1.165, 1.54) is 0 Å². The fourth-order valence-electron chi connectivity index (χ4n) is 7.77. The fraction of sp³-hybridized carbons (Fsp3) is 0.759. The van der Waals surface area contributed by atoms with Crippen molar-refractivity contribution in [2.24, 2.45) is 17.8 Å². The highest BCUT2D eigenvalue weighted by Crippen LogP contribution is 2.65. The maximum Gasteiger partial charge on any atom is 0.248 e. The molecule has 1 aliphatic carbocycles. The van der Waals surface area contributed by atoms with E-state index in [0.717, 1.165) is 32.1 Å². The van der Waals surface area contributed by atoms with Crippen molar-refractivity contribution >= 4 is 17.7 Å². The summed E-state index contributed by atoms with van der Waals surface area (Å²) in [6, 6.07) is -1.31. The lowest BCUT2D eigenvalue weighted by molar-refractivity contribution is -0.158. The van der Waals surface area contributed by atoms with E-state index in [1.54, 1.807) is 29.0 Å². The molecule has 4 rings (SSSR count). The van der Waals surface area contributed by atoms with Gasteiger partial charge in [-0.25, -0.2) is 0 Å². The maximum absolute atomic E-state index is 14.6.